The fourth-order valence-corrected chi connectivity index (χ4v) is 3.64. The summed E-state index contributed by atoms with van der Waals surface area (Å²) in [6, 6.07) is 7.23. The average Bonchev–Trinajstić information content (AvgIpc) is 2.86. The highest BCUT2D eigenvalue weighted by molar-refractivity contribution is 5.35. The summed E-state index contributed by atoms with van der Waals surface area (Å²) in [6.45, 7) is 9.28. The molecule has 1 aromatic carbocycles. The molecule has 2 rings (SSSR count). The molecule has 0 aromatic heterocycles. The lowest BCUT2D eigenvalue weighted by molar-refractivity contribution is 0.275. The molecule has 1 atom stereocenters. The van der Waals surface area contributed by atoms with Crippen molar-refractivity contribution in [3.8, 4) is 0 Å². The molecule has 1 heteroatoms. The number of hydrogen-bond acceptors (Lipinski definition) is 1. The van der Waals surface area contributed by atoms with Crippen LogP contribution in [-0.2, 0) is 19.3 Å². The number of fused-ring (bicyclic) bond motifs is 1. The molecule has 0 aliphatic heterocycles. The third kappa shape index (κ3) is 4.09. The molecule has 1 aliphatic carbocycles. The van der Waals surface area contributed by atoms with Crippen LogP contribution in [0.2, 0.25) is 0 Å². The van der Waals surface area contributed by atoms with Gasteiger partial charge in [0.05, 0.1) is 0 Å². The van der Waals surface area contributed by atoms with Gasteiger partial charge in [-0.1, -0.05) is 45.4 Å². The van der Waals surface area contributed by atoms with Gasteiger partial charge >= 0.3 is 0 Å². The molecular formula is C19H31N. The first-order valence-corrected chi connectivity index (χ1v) is 8.48. The molecule has 1 aliphatic rings. The molecule has 1 nitrogen and oxygen atoms in total. The van der Waals surface area contributed by atoms with Crippen molar-refractivity contribution in [3.63, 3.8) is 0 Å². The Morgan fingerprint density at radius 1 is 1.10 bits per heavy atom. The van der Waals surface area contributed by atoms with Crippen LogP contribution in [0.5, 0.6) is 0 Å². The molecule has 1 unspecified atom stereocenters. The minimum Gasteiger partial charge on any atom is -0.316 e. The molecule has 1 aromatic rings. The van der Waals surface area contributed by atoms with Crippen molar-refractivity contribution in [3.05, 3.63) is 34.9 Å². The second kappa shape index (κ2) is 7.26. The standard InChI is InChI=1S/C19H31N/c1-4-11-19(3,15-20-12-5-2)14-16-9-10-17-7-6-8-18(17)13-16/h9-10,13,20H,4-8,11-12,14-15H2,1-3H3. The van der Waals surface area contributed by atoms with Crippen LogP contribution in [0.4, 0.5) is 0 Å². The number of rotatable bonds is 8. The molecule has 1 N–H and O–H groups in total. The van der Waals surface area contributed by atoms with Gasteiger partial charge in [-0.2, -0.15) is 0 Å². The largest absolute Gasteiger partial charge is 0.316 e. The van der Waals surface area contributed by atoms with E-state index in [9.17, 15) is 0 Å². The fourth-order valence-electron chi connectivity index (χ4n) is 3.64. The van der Waals surface area contributed by atoms with Gasteiger partial charge in [-0.15, -0.1) is 0 Å². The number of nitrogens with one attached hydrogen (secondary N) is 1. The van der Waals surface area contributed by atoms with E-state index in [2.05, 4.69) is 44.3 Å². The summed E-state index contributed by atoms with van der Waals surface area (Å²) in [7, 11) is 0. The van der Waals surface area contributed by atoms with Crippen molar-refractivity contribution in [2.75, 3.05) is 13.1 Å². The van der Waals surface area contributed by atoms with Gasteiger partial charge in [-0.25, -0.2) is 0 Å². The van der Waals surface area contributed by atoms with Crippen LogP contribution >= 0.6 is 0 Å². The van der Waals surface area contributed by atoms with Gasteiger partial charge in [0.2, 0.25) is 0 Å². The van der Waals surface area contributed by atoms with E-state index in [1.807, 2.05) is 0 Å². The van der Waals surface area contributed by atoms with Crippen molar-refractivity contribution < 1.29 is 0 Å². The van der Waals surface area contributed by atoms with E-state index >= 15 is 0 Å². The quantitative estimate of drug-likeness (QED) is 0.686. The van der Waals surface area contributed by atoms with Gasteiger partial charge in [0.15, 0.2) is 0 Å². The molecule has 0 amide bonds. The molecule has 0 saturated heterocycles. The lowest BCUT2D eigenvalue weighted by Gasteiger charge is -2.30. The molecule has 20 heavy (non-hydrogen) atoms. The van der Waals surface area contributed by atoms with Crippen molar-refractivity contribution in [1.29, 1.82) is 0 Å². The first-order chi connectivity index (χ1) is 9.67. The molecule has 0 saturated carbocycles. The summed E-state index contributed by atoms with van der Waals surface area (Å²) >= 11 is 0. The summed E-state index contributed by atoms with van der Waals surface area (Å²) < 4.78 is 0. The highest BCUT2D eigenvalue weighted by atomic mass is 14.9. The Kier molecular flexibility index (Phi) is 5.65. The van der Waals surface area contributed by atoms with E-state index in [4.69, 9.17) is 0 Å². The normalized spacial score (nSPS) is 16.9. The Bertz CT molecular complexity index is 424. The van der Waals surface area contributed by atoms with Crippen LogP contribution in [0.15, 0.2) is 18.2 Å². The molecule has 0 bridgehead atoms. The van der Waals surface area contributed by atoms with E-state index in [0.717, 1.165) is 13.1 Å². The van der Waals surface area contributed by atoms with Gasteiger partial charge in [-0.3, -0.25) is 0 Å². The highest BCUT2D eigenvalue weighted by Crippen LogP contribution is 2.30. The van der Waals surface area contributed by atoms with Gasteiger partial charge < -0.3 is 5.32 Å². The Labute approximate surface area is 125 Å². The minimum absolute atomic E-state index is 0.400. The van der Waals surface area contributed by atoms with Gasteiger partial charge in [0.25, 0.3) is 0 Å². The van der Waals surface area contributed by atoms with Crippen molar-refractivity contribution in [2.45, 2.75) is 65.7 Å². The summed E-state index contributed by atoms with van der Waals surface area (Å²) in [6.07, 6.45) is 8.95. The van der Waals surface area contributed by atoms with Crippen LogP contribution in [0.3, 0.4) is 0 Å². The van der Waals surface area contributed by atoms with E-state index in [1.165, 1.54) is 44.9 Å². The maximum Gasteiger partial charge on any atom is 0.000834 e. The first kappa shape index (κ1) is 15.6. The van der Waals surface area contributed by atoms with Crippen molar-refractivity contribution in [2.24, 2.45) is 5.41 Å². The summed E-state index contributed by atoms with van der Waals surface area (Å²) in [5.74, 6) is 0. The van der Waals surface area contributed by atoms with E-state index in [1.54, 1.807) is 16.7 Å². The second-order valence-electron chi connectivity index (χ2n) is 6.87. The molecule has 0 radical (unpaired) electrons. The Hall–Kier alpha value is -0.820. The summed E-state index contributed by atoms with van der Waals surface area (Å²) in [4.78, 5) is 0. The van der Waals surface area contributed by atoms with Gasteiger partial charge in [0.1, 0.15) is 0 Å². The lowest BCUT2D eigenvalue weighted by atomic mass is 9.79. The monoisotopic (exact) mass is 273 g/mol. The van der Waals surface area contributed by atoms with Crippen molar-refractivity contribution >= 4 is 0 Å². The van der Waals surface area contributed by atoms with E-state index < -0.39 is 0 Å². The molecule has 0 spiro atoms. The molecular weight excluding hydrogens is 242 g/mol. The summed E-state index contributed by atoms with van der Waals surface area (Å²) in [5.41, 5.74) is 5.15. The smallest absolute Gasteiger partial charge is 0.000834 e. The molecule has 112 valence electrons. The maximum atomic E-state index is 3.63. The molecule has 0 fully saturated rings. The van der Waals surface area contributed by atoms with E-state index in [-0.39, 0.29) is 0 Å². The number of aryl methyl sites for hydroxylation is 2. The third-order valence-electron chi connectivity index (χ3n) is 4.63. The summed E-state index contributed by atoms with van der Waals surface area (Å²) in [5, 5.41) is 3.63. The minimum atomic E-state index is 0.400. The Morgan fingerprint density at radius 2 is 1.90 bits per heavy atom. The maximum absolute atomic E-state index is 3.63. The van der Waals surface area contributed by atoms with Crippen LogP contribution in [0, 0.1) is 5.41 Å². The van der Waals surface area contributed by atoms with Crippen LogP contribution in [0.1, 0.15) is 63.1 Å². The first-order valence-electron chi connectivity index (χ1n) is 8.48. The lowest BCUT2D eigenvalue weighted by Crippen LogP contribution is -2.34. The van der Waals surface area contributed by atoms with Crippen LogP contribution < -0.4 is 5.32 Å². The predicted octanol–water partition coefficient (Wildman–Crippen LogP) is 4.52. The Balaban J connectivity index is 2.03. The number of benzene rings is 1. The second-order valence-corrected chi connectivity index (χ2v) is 6.87. The zero-order valence-corrected chi connectivity index (χ0v) is 13.6. The third-order valence-corrected chi connectivity index (χ3v) is 4.63. The number of hydrogen-bond donors (Lipinski definition) is 1. The van der Waals surface area contributed by atoms with Crippen LogP contribution in [-0.4, -0.2) is 13.1 Å². The average molecular weight is 273 g/mol. The Morgan fingerprint density at radius 3 is 2.65 bits per heavy atom. The van der Waals surface area contributed by atoms with Gasteiger partial charge in [0, 0.05) is 6.54 Å². The zero-order chi connectivity index (χ0) is 14.4. The topological polar surface area (TPSA) is 12.0 Å². The zero-order valence-electron chi connectivity index (χ0n) is 13.6. The van der Waals surface area contributed by atoms with Crippen LogP contribution in [0.25, 0.3) is 0 Å². The van der Waals surface area contributed by atoms with Crippen molar-refractivity contribution in [1.82, 2.24) is 5.32 Å². The highest BCUT2D eigenvalue weighted by Gasteiger charge is 2.24. The van der Waals surface area contributed by atoms with E-state index in [0.29, 0.717) is 5.41 Å². The molecule has 0 heterocycles. The predicted molar refractivity (Wildman–Crippen MR) is 88.3 cm³/mol. The van der Waals surface area contributed by atoms with Gasteiger partial charge in [-0.05, 0) is 67.2 Å². The SMILES string of the molecule is CCCNCC(C)(CCC)Cc1ccc2c(c1)CCC2. The fraction of sp³-hybridized carbons (Fsp3) is 0.684.